The average Bonchev–Trinajstić information content (AvgIpc) is 3.52. The van der Waals surface area contributed by atoms with Gasteiger partial charge in [0.2, 0.25) is 5.89 Å². The minimum absolute atomic E-state index is 0.0613. The zero-order chi connectivity index (χ0) is 21.6. The molecule has 0 N–H and O–H groups in total. The highest BCUT2D eigenvalue weighted by molar-refractivity contribution is 7.98. The third kappa shape index (κ3) is 4.94. The van der Waals surface area contributed by atoms with Gasteiger partial charge in [0.1, 0.15) is 6.61 Å². The first-order valence-corrected chi connectivity index (χ1v) is 10.4. The Labute approximate surface area is 181 Å². The number of para-hydroxylation sites is 1. The van der Waals surface area contributed by atoms with Crippen LogP contribution in [0.4, 0.5) is 4.39 Å². The summed E-state index contributed by atoms with van der Waals surface area (Å²) in [5.74, 6) is 1.91. The second-order valence-corrected chi connectivity index (χ2v) is 7.50. The number of thioether (sulfide) groups is 1. The molecule has 0 amide bonds. The molecule has 0 aliphatic carbocycles. The molecule has 31 heavy (non-hydrogen) atoms. The maximum absolute atomic E-state index is 13.9. The van der Waals surface area contributed by atoms with Crippen LogP contribution in [0.25, 0.3) is 11.7 Å². The molecule has 0 spiro atoms. The van der Waals surface area contributed by atoms with E-state index in [4.69, 9.17) is 18.3 Å². The molecule has 4 aromatic rings. The van der Waals surface area contributed by atoms with Crippen molar-refractivity contribution in [1.29, 1.82) is 0 Å². The fourth-order valence-corrected chi connectivity index (χ4v) is 3.80. The first-order valence-electron chi connectivity index (χ1n) is 9.44. The first-order chi connectivity index (χ1) is 15.2. The Morgan fingerprint density at radius 3 is 2.77 bits per heavy atom. The monoisotopic (exact) mass is 445 g/mol. The van der Waals surface area contributed by atoms with Gasteiger partial charge in [-0.15, -0.1) is 20.4 Å². The lowest BCUT2D eigenvalue weighted by Crippen LogP contribution is -2.16. The predicted molar refractivity (Wildman–Crippen MR) is 109 cm³/mol. The average molecular weight is 445 g/mol. The third-order valence-corrected chi connectivity index (χ3v) is 5.23. The molecule has 11 heteroatoms. The maximum Gasteiger partial charge on any atom is 0.283 e. The number of hydrogen-bond donors (Lipinski definition) is 0. The van der Waals surface area contributed by atoms with E-state index in [2.05, 4.69) is 20.4 Å². The van der Waals surface area contributed by atoms with E-state index in [0.717, 1.165) is 0 Å². The summed E-state index contributed by atoms with van der Waals surface area (Å²) in [5.41, 5.74) is 0. The fraction of sp³-hybridized carbons (Fsp3) is 0.300. The molecule has 0 saturated carbocycles. The summed E-state index contributed by atoms with van der Waals surface area (Å²) in [6, 6.07) is 9.65. The molecule has 0 aliphatic heterocycles. The van der Waals surface area contributed by atoms with E-state index in [9.17, 15) is 4.39 Å². The smallest absolute Gasteiger partial charge is 0.283 e. The molecule has 4 rings (SSSR count). The van der Waals surface area contributed by atoms with Crippen LogP contribution >= 0.6 is 11.8 Å². The molecular formula is C20H20FN5O4S. The van der Waals surface area contributed by atoms with Gasteiger partial charge in [-0.1, -0.05) is 23.9 Å². The molecule has 0 saturated heterocycles. The molecule has 162 valence electrons. The summed E-state index contributed by atoms with van der Waals surface area (Å²) in [5, 5.41) is 17.2. The first kappa shape index (κ1) is 21.1. The molecule has 1 aromatic carbocycles. The number of rotatable bonds is 10. The standard InChI is InChI=1S/C20H20FN5O4S/c1-13(10-27-2)26-17(11-29-15-7-4-3-6-14(15)21)22-25-20(26)31-12-18-23-24-19(30-18)16-8-5-9-28-16/h3-9,13H,10-12H2,1-2H3/t13-/m0/s1. The van der Waals surface area contributed by atoms with Gasteiger partial charge >= 0.3 is 0 Å². The second-order valence-electron chi connectivity index (χ2n) is 6.56. The number of ether oxygens (including phenoxy) is 2. The zero-order valence-electron chi connectivity index (χ0n) is 16.9. The van der Waals surface area contributed by atoms with Gasteiger partial charge in [0.05, 0.1) is 24.7 Å². The van der Waals surface area contributed by atoms with Gasteiger partial charge in [0, 0.05) is 7.11 Å². The summed E-state index contributed by atoms with van der Waals surface area (Å²) in [4.78, 5) is 0. The molecule has 0 aliphatic rings. The Kier molecular flexibility index (Phi) is 6.63. The van der Waals surface area contributed by atoms with Crippen molar-refractivity contribution in [2.24, 2.45) is 0 Å². The van der Waals surface area contributed by atoms with Crippen molar-refractivity contribution < 1.29 is 22.7 Å². The Morgan fingerprint density at radius 1 is 1.13 bits per heavy atom. The van der Waals surface area contributed by atoms with Crippen LogP contribution in [0.1, 0.15) is 24.7 Å². The number of furan rings is 1. The van der Waals surface area contributed by atoms with Crippen LogP contribution in [-0.2, 0) is 17.1 Å². The van der Waals surface area contributed by atoms with E-state index >= 15 is 0 Å². The largest absolute Gasteiger partial charge is 0.483 e. The minimum Gasteiger partial charge on any atom is -0.483 e. The number of benzene rings is 1. The molecule has 0 bridgehead atoms. The summed E-state index contributed by atoms with van der Waals surface area (Å²) in [6.07, 6.45) is 1.54. The number of halogens is 1. The second kappa shape index (κ2) is 9.75. The van der Waals surface area contributed by atoms with Crippen LogP contribution in [0.3, 0.4) is 0 Å². The highest BCUT2D eigenvalue weighted by Crippen LogP contribution is 2.27. The Balaban J connectivity index is 1.48. The van der Waals surface area contributed by atoms with E-state index in [1.807, 2.05) is 11.5 Å². The van der Waals surface area contributed by atoms with E-state index in [1.54, 1.807) is 43.7 Å². The minimum atomic E-state index is -0.433. The van der Waals surface area contributed by atoms with Gasteiger partial charge in [-0.25, -0.2) is 4.39 Å². The lowest BCUT2D eigenvalue weighted by Gasteiger charge is -2.17. The molecule has 9 nitrogen and oxygen atoms in total. The van der Waals surface area contributed by atoms with Crippen molar-refractivity contribution >= 4 is 11.8 Å². The van der Waals surface area contributed by atoms with Gasteiger partial charge in [-0.2, -0.15) is 0 Å². The van der Waals surface area contributed by atoms with Gasteiger partial charge < -0.3 is 18.3 Å². The number of aromatic nitrogens is 5. The molecule has 1 atom stereocenters. The van der Waals surface area contributed by atoms with E-state index < -0.39 is 5.82 Å². The third-order valence-electron chi connectivity index (χ3n) is 4.30. The van der Waals surface area contributed by atoms with Crippen LogP contribution in [-0.4, -0.2) is 38.7 Å². The van der Waals surface area contributed by atoms with Crippen LogP contribution in [0.5, 0.6) is 5.75 Å². The number of methoxy groups -OCH3 is 1. The zero-order valence-corrected chi connectivity index (χ0v) is 17.7. The van der Waals surface area contributed by atoms with Crippen LogP contribution < -0.4 is 4.74 Å². The van der Waals surface area contributed by atoms with Crippen molar-refractivity contribution in [3.8, 4) is 17.4 Å². The number of nitrogens with zero attached hydrogens (tertiary/aromatic N) is 5. The van der Waals surface area contributed by atoms with Crippen LogP contribution in [0.2, 0.25) is 0 Å². The predicted octanol–water partition coefficient (Wildman–Crippen LogP) is 4.14. The van der Waals surface area contributed by atoms with Crippen molar-refractivity contribution in [1.82, 2.24) is 25.0 Å². The normalized spacial score (nSPS) is 12.2. The van der Waals surface area contributed by atoms with Gasteiger partial charge in [-0.05, 0) is 31.2 Å². The summed E-state index contributed by atoms with van der Waals surface area (Å²) in [6.45, 7) is 2.48. The van der Waals surface area contributed by atoms with Crippen molar-refractivity contribution in [3.63, 3.8) is 0 Å². The molecular weight excluding hydrogens is 425 g/mol. The van der Waals surface area contributed by atoms with Crippen molar-refractivity contribution in [2.75, 3.05) is 13.7 Å². The van der Waals surface area contributed by atoms with Gasteiger partial charge in [0.15, 0.2) is 28.3 Å². The van der Waals surface area contributed by atoms with Gasteiger partial charge in [0.25, 0.3) is 5.89 Å². The highest BCUT2D eigenvalue weighted by Gasteiger charge is 2.20. The van der Waals surface area contributed by atoms with E-state index in [0.29, 0.717) is 40.9 Å². The van der Waals surface area contributed by atoms with Crippen molar-refractivity contribution in [2.45, 2.75) is 30.5 Å². The maximum atomic E-state index is 13.9. The molecule has 3 aromatic heterocycles. The molecule has 0 unspecified atom stereocenters. The number of hydrogen-bond acceptors (Lipinski definition) is 9. The summed E-state index contributed by atoms with van der Waals surface area (Å²) in [7, 11) is 1.62. The van der Waals surface area contributed by atoms with E-state index in [1.165, 1.54) is 17.8 Å². The Morgan fingerprint density at radius 2 is 2.00 bits per heavy atom. The lowest BCUT2D eigenvalue weighted by atomic mass is 10.3. The Hall–Kier alpha value is -3.18. The molecule has 0 radical (unpaired) electrons. The fourth-order valence-electron chi connectivity index (χ4n) is 2.90. The van der Waals surface area contributed by atoms with Crippen LogP contribution in [0.15, 0.2) is 56.7 Å². The molecule has 3 heterocycles. The quantitative estimate of drug-likeness (QED) is 0.333. The van der Waals surface area contributed by atoms with Gasteiger partial charge in [-0.3, -0.25) is 4.57 Å². The summed E-state index contributed by atoms with van der Waals surface area (Å²) < 4.78 is 37.6. The molecule has 0 fully saturated rings. The SMILES string of the molecule is COC[C@H](C)n1c(COc2ccccc2F)nnc1SCc1nnc(-c2ccco2)o1. The van der Waals surface area contributed by atoms with Crippen LogP contribution in [0, 0.1) is 5.82 Å². The lowest BCUT2D eigenvalue weighted by molar-refractivity contribution is 0.154. The van der Waals surface area contributed by atoms with Crippen molar-refractivity contribution in [3.05, 3.63) is 60.2 Å². The summed E-state index contributed by atoms with van der Waals surface area (Å²) >= 11 is 1.39. The topological polar surface area (TPSA) is 101 Å². The van der Waals surface area contributed by atoms with E-state index in [-0.39, 0.29) is 18.4 Å². The Bertz CT molecular complexity index is 1110. The highest BCUT2D eigenvalue weighted by atomic mass is 32.2.